The summed E-state index contributed by atoms with van der Waals surface area (Å²) in [4.78, 5) is 8.61. The van der Waals surface area contributed by atoms with Crippen molar-refractivity contribution in [2.45, 2.75) is 6.42 Å². The predicted octanol–water partition coefficient (Wildman–Crippen LogP) is 3.55. The SMILES string of the molecule is Fc1ccc2nc(NCCc3cscn3)sc2c1. The van der Waals surface area contributed by atoms with Crippen LogP contribution in [0.4, 0.5) is 9.52 Å². The number of aromatic nitrogens is 2. The second-order valence-electron chi connectivity index (χ2n) is 3.79. The Morgan fingerprint density at radius 3 is 3.11 bits per heavy atom. The highest BCUT2D eigenvalue weighted by atomic mass is 32.1. The molecular formula is C12H10FN3S2. The maximum atomic E-state index is 13.0. The third kappa shape index (κ3) is 2.49. The lowest BCUT2D eigenvalue weighted by Crippen LogP contribution is -2.04. The van der Waals surface area contributed by atoms with Crippen molar-refractivity contribution >= 4 is 38.0 Å². The van der Waals surface area contributed by atoms with Crippen LogP contribution in [-0.4, -0.2) is 16.5 Å². The van der Waals surface area contributed by atoms with Gasteiger partial charge < -0.3 is 5.32 Å². The van der Waals surface area contributed by atoms with Crippen molar-refractivity contribution in [3.8, 4) is 0 Å². The molecule has 3 aromatic rings. The molecule has 0 aliphatic carbocycles. The van der Waals surface area contributed by atoms with Crippen LogP contribution < -0.4 is 5.32 Å². The van der Waals surface area contributed by atoms with E-state index < -0.39 is 0 Å². The van der Waals surface area contributed by atoms with Crippen molar-refractivity contribution in [2.24, 2.45) is 0 Å². The predicted molar refractivity (Wildman–Crippen MR) is 73.9 cm³/mol. The topological polar surface area (TPSA) is 37.8 Å². The van der Waals surface area contributed by atoms with Gasteiger partial charge in [-0.25, -0.2) is 14.4 Å². The lowest BCUT2D eigenvalue weighted by molar-refractivity contribution is 0.630. The molecule has 0 aliphatic rings. The van der Waals surface area contributed by atoms with Crippen LogP contribution in [0.5, 0.6) is 0 Å². The summed E-state index contributed by atoms with van der Waals surface area (Å²) in [5.74, 6) is -0.222. The Hall–Kier alpha value is -1.53. The first kappa shape index (κ1) is 11.6. The van der Waals surface area contributed by atoms with Gasteiger partial charge in [0.15, 0.2) is 5.13 Å². The number of thiazole rings is 2. The zero-order chi connectivity index (χ0) is 12.4. The van der Waals surface area contributed by atoms with Crippen LogP contribution in [0.15, 0.2) is 29.1 Å². The van der Waals surface area contributed by atoms with Crippen molar-refractivity contribution < 1.29 is 4.39 Å². The first-order chi connectivity index (χ1) is 8.81. The molecule has 3 rings (SSSR count). The second-order valence-corrected chi connectivity index (χ2v) is 5.54. The van der Waals surface area contributed by atoms with E-state index in [4.69, 9.17) is 0 Å². The highest BCUT2D eigenvalue weighted by Crippen LogP contribution is 2.26. The fourth-order valence-electron chi connectivity index (χ4n) is 1.63. The van der Waals surface area contributed by atoms with E-state index in [0.717, 1.165) is 34.0 Å². The normalized spacial score (nSPS) is 10.9. The van der Waals surface area contributed by atoms with Crippen molar-refractivity contribution in [1.82, 2.24) is 9.97 Å². The van der Waals surface area contributed by atoms with Gasteiger partial charge in [-0.2, -0.15) is 0 Å². The molecule has 0 bridgehead atoms. The van der Waals surface area contributed by atoms with Crippen LogP contribution in [0.1, 0.15) is 5.69 Å². The van der Waals surface area contributed by atoms with Crippen molar-refractivity contribution in [2.75, 3.05) is 11.9 Å². The molecule has 0 saturated carbocycles. The zero-order valence-corrected chi connectivity index (χ0v) is 11.0. The molecule has 1 aromatic carbocycles. The van der Waals surface area contributed by atoms with E-state index in [1.807, 2.05) is 10.9 Å². The van der Waals surface area contributed by atoms with Crippen molar-refractivity contribution in [1.29, 1.82) is 0 Å². The molecule has 2 aromatic heterocycles. The second kappa shape index (κ2) is 4.99. The van der Waals surface area contributed by atoms with Gasteiger partial charge in [0.1, 0.15) is 5.82 Å². The Morgan fingerprint density at radius 1 is 1.33 bits per heavy atom. The molecule has 2 heterocycles. The summed E-state index contributed by atoms with van der Waals surface area (Å²) >= 11 is 3.07. The van der Waals surface area contributed by atoms with E-state index in [1.165, 1.54) is 23.5 Å². The summed E-state index contributed by atoms with van der Waals surface area (Å²) in [6.07, 6.45) is 0.869. The molecule has 0 fully saturated rings. The van der Waals surface area contributed by atoms with Gasteiger partial charge in [-0.05, 0) is 18.2 Å². The minimum absolute atomic E-state index is 0.222. The standard InChI is InChI=1S/C12H10FN3S2/c13-8-1-2-10-11(5-8)18-12(16-10)14-4-3-9-6-17-7-15-9/h1-2,5-7H,3-4H2,(H,14,16). The summed E-state index contributed by atoms with van der Waals surface area (Å²) in [5.41, 5.74) is 3.74. The molecular weight excluding hydrogens is 269 g/mol. The lowest BCUT2D eigenvalue weighted by atomic mass is 10.3. The minimum atomic E-state index is -0.222. The number of hydrogen-bond donors (Lipinski definition) is 1. The van der Waals surface area contributed by atoms with E-state index in [0.29, 0.717) is 0 Å². The maximum Gasteiger partial charge on any atom is 0.183 e. The Bertz CT molecular complexity index is 648. The number of fused-ring (bicyclic) bond motifs is 1. The summed E-state index contributed by atoms with van der Waals surface area (Å²) < 4.78 is 13.9. The number of halogens is 1. The van der Waals surface area contributed by atoms with E-state index in [2.05, 4.69) is 15.3 Å². The average molecular weight is 279 g/mol. The first-order valence-corrected chi connectivity index (χ1v) is 7.24. The van der Waals surface area contributed by atoms with Crippen molar-refractivity contribution in [3.63, 3.8) is 0 Å². The number of nitrogens with zero attached hydrogens (tertiary/aromatic N) is 2. The van der Waals surface area contributed by atoms with E-state index in [9.17, 15) is 4.39 Å². The lowest BCUT2D eigenvalue weighted by Gasteiger charge is -1.99. The summed E-state index contributed by atoms with van der Waals surface area (Å²) in [7, 11) is 0. The number of rotatable bonds is 4. The summed E-state index contributed by atoms with van der Waals surface area (Å²) in [6.45, 7) is 0.784. The van der Waals surface area contributed by atoms with Crippen LogP contribution in [0.25, 0.3) is 10.2 Å². The van der Waals surface area contributed by atoms with Crippen LogP contribution in [0.2, 0.25) is 0 Å². The fraction of sp³-hybridized carbons (Fsp3) is 0.167. The van der Waals surface area contributed by atoms with Gasteiger partial charge in [0.05, 0.1) is 21.4 Å². The van der Waals surface area contributed by atoms with E-state index in [-0.39, 0.29) is 5.82 Å². The molecule has 6 heteroatoms. The molecule has 92 valence electrons. The van der Waals surface area contributed by atoms with Crippen LogP contribution >= 0.6 is 22.7 Å². The molecule has 0 aliphatic heterocycles. The highest BCUT2D eigenvalue weighted by Gasteiger charge is 2.04. The van der Waals surface area contributed by atoms with Gasteiger partial charge in [0.25, 0.3) is 0 Å². The van der Waals surface area contributed by atoms with Gasteiger partial charge in [0.2, 0.25) is 0 Å². The summed E-state index contributed by atoms with van der Waals surface area (Å²) in [5, 5.41) is 6.10. The molecule has 0 atom stereocenters. The number of nitrogens with one attached hydrogen (secondary N) is 1. The van der Waals surface area contributed by atoms with Crippen LogP contribution in [0.3, 0.4) is 0 Å². The number of hydrogen-bond acceptors (Lipinski definition) is 5. The zero-order valence-electron chi connectivity index (χ0n) is 9.39. The van der Waals surface area contributed by atoms with Crippen LogP contribution in [-0.2, 0) is 6.42 Å². The van der Waals surface area contributed by atoms with Crippen molar-refractivity contribution in [3.05, 3.63) is 40.6 Å². The Morgan fingerprint density at radius 2 is 2.28 bits per heavy atom. The fourth-order valence-corrected chi connectivity index (χ4v) is 3.14. The highest BCUT2D eigenvalue weighted by molar-refractivity contribution is 7.22. The molecule has 0 spiro atoms. The number of anilines is 1. The van der Waals surface area contributed by atoms with Gasteiger partial charge in [-0.1, -0.05) is 11.3 Å². The average Bonchev–Trinajstić information content (AvgIpc) is 2.97. The Balaban J connectivity index is 1.67. The third-order valence-electron chi connectivity index (χ3n) is 2.49. The molecule has 18 heavy (non-hydrogen) atoms. The van der Waals surface area contributed by atoms with E-state index >= 15 is 0 Å². The van der Waals surface area contributed by atoms with Gasteiger partial charge in [0, 0.05) is 18.3 Å². The molecule has 0 unspecified atom stereocenters. The smallest absolute Gasteiger partial charge is 0.183 e. The van der Waals surface area contributed by atoms with Gasteiger partial charge in [-0.3, -0.25) is 0 Å². The Kier molecular flexibility index (Phi) is 3.21. The van der Waals surface area contributed by atoms with Gasteiger partial charge in [-0.15, -0.1) is 11.3 Å². The largest absolute Gasteiger partial charge is 0.361 e. The molecule has 0 amide bonds. The third-order valence-corrected chi connectivity index (χ3v) is 4.10. The first-order valence-electron chi connectivity index (χ1n) is 5.48. The minimum Gasteiger partial charge on any atom is -0.361 e. The molecule has 3 nitrogen and oxygen atoms in total. The Labute approximate surface area is 111 Å². The molecule has 0 radical (unpaired) electrons. The number of benzene rings is 1. The molecule has 1 N–H and O–H groups in total. The molecule has 0 saturated heterocycles. The quantitative estimate of drug-likeness (QED) is 0.793. The summed E-state index contributed by atoms with van der Waals surface area (Å²) in [6, 6.07) is 4.65. The van der Waals surface area contributed by atoms with Gasteiger partial charge >= 0.3 is 0 Å². The van der Waals surface area contributed by atoms with E-state index in [1.54, 1.807) is 17.4 Å². The van der Waals surface area contributed by atoms with Crippen LogP contribution in [0, 0.1) is 5.82 Å². The monoisotopic (exact) mass is 279 g/mol. The maximum absolute atomic E-state index is 13.0.